The summed E-state index contributed by atoms with van der Waals surface area (Å²) in [5.41, 5.74) is 1.36. The molecule has 1 amide bonds. The first kappa shape index (κ1) is 14.5. The van der Waals surface area contributed by atoms with Crippen LogP contribution in [0.15, 0.2) is 18.2 Å². The second-order valence-corrected chi connectivity index (χ2v) is 6.33. The van der Waals surface area contributed by atoms with Crippen LogP contribution < -0.4 is 5.32 Å². The van der Waals surface area contributed by atoms with Crippen molar-refractivity contribution >= 4 is 11.6 Å². The predicted octanol–water partition coefficient (Wildman–Crippen LogP) is 3.21. The second kappa shape index (κ2) is 5.23. The van der Waals surface area contributed by atoms with E-state index in [0.29, 0.717) is 5.56 Å². The van der Waals surface area contributed by atoms with Gasteiger partial charge in [0, 0.05) is 23.7 Å². The first-order chi connectivity index (χ1) is 9.28. The van der Waals surface area contributed by atoms with E-state index in [4.69, 9.17) is 0 Å². The van der Waals surface area contributed by atoms with Gasteiger partial charge in [-0.15, -0.1) is 0 Å². The second-order valence-electron chi connectivity index (χ2n) is 6.33. The molecule has 0 heterocycles. The lowest BCUT2D eigenvalue weighted by Gasteiger charge is -2.18. The number of carbonyl (C=O) groups is 1. The van der Waals surface area contributed by atoms with Crippen molar-refractivity contribution in [2.45, 2.75) is 46.1 Å². The lowest BCUT2D eigenvalue weighted by Crippen LogP contribution is -2.33. The van der Waals surface area contributed by atoms with Gasteiger partial charge < -0.3 is 5.32 Å². The highest BCUT2D eigenvalue weighted by Gasteiger charge is 2.32. The Morgan fingerprint density at radius 3 is 2.70 bits per heavy atom. The lowest BCUT2D eigenvalue weighted by molar-refractivity contribution is -0.384. The monoisotopic (exact) mass is 276 g/mol. The van der Waals surface area contributed by atoms with Crippen LogP contribution in [0.1, 0.15) is 49.0 Å². The van der Waals surface area contributed by atoms with E-state index < -0.39 is 4.92 Å². The Morgan fingerprint density at radius 1 is 1.45 bits per heavy atom. The lowest BCUT2D eigenvalue weighted by atomic mass is 9.92. The van der Waals surface area contributed by atoms with E-state index in [1.807, 2.05) is 0 Å². The Balaban J connectivity index is 2.13. The Kier molecular flexibility index (Phi) is 3.79. The number of benzene rings is 1. The maximum atomic E-state index is 12.3. The van der Waals surface area contributed by atoms with E-state index in [1.165, 1.54) is 12.1 Å². The van der Waals surface area contributed by atoms with Crippen LogP contribution in [0.25, 0.3) is 0 Å². The van der Waals surface area contributed by atoms with Crippen molar-refractivity contribution in [3.63, 3.8) is 0 Å². The fourth-order valence-corrected chi connectivity index (χ4v) is 2.79. The molecular weight excluding hydrogens is 256 g/mol. The van der Waals surface area contributed by atoms with E-state index in [0.717, 1.165) is 24.8 Å². The van der Waals surface area contributed by atoms with Gasteiger partial charge in [-0.05, 0) is 37.2 Å². The van der Waals surface area contributed by atoms with Gasteiger partial charge in [0.2, 0.25) is 0 Å². The maximum Gasteiger partial charge on any atom is 0.270 e. The van der Waals surface area contributed by atoms with Crippen molar-refractivity contribution in [2.75, 3.05) is 0 Å². The van der Waals surface area contributed by atoms with Gasteiger partial charge in [-0.1, -0.05) is 19.9 Å². The van der Waals surface area contributed by atoms with Crippen LogP contribution in [0.2, 0.25) is 0 Å². The van der Waals surface area contributed by atoms with Gasteiger partial charge in [0.25, 0.3) is 11.6 Å². The zero-order chi connectivity index (χ0) is 14.9. The molecule has 1 saturated carbocycles. The molecule has 5 heteroatoms. The molecule has 5 nitrogen and oxygen atoms in total. The summed E-state index contributed by atoms with van der Waals surface area (Å²) in [7, 11) is 0. The Labute approximate surface area is 118 Å². The number of amides is 1. The number of nitro benzene ring substituents is 1. The molecule has 0 radical (unpaired) electrons. The van der Waals surface area contributed by atoms with Gasteiger partial charge in [0.05, 0.1) is 4.92 Å². The summed E-state index contributed by atoms with van der Waals surface area (Å²) in [4.78, 5) is 22.6. The third kappa shape index (κ3) is 3.15. The van der Waals surface area contributed by atoms with Gasteiger partial charge >= 0.3 is 0 Å². The predicted molar refractivity (Wildman–Crippen MR) is 76.7 cm³/mol. The van der Waals surface area contributed by atoms with Crippen LogP contribution in [0.3, 0.4) is 0 Å². The minimum absolute atomic E-state index is 0.0486. The summed E-state index contributed by atoms with van der Waals surface area (Å²) in [5, 5.41) is 13.8. The van der Waals surface area contributed by atoms with Gasteiger partial charge in [-0.2, -0.15) is 0 Å². The zero-order valence-corrected chi connectivity index (χ0v) is 12.1. The normalized spacial score (nSPS) is 20.6. The maximum absolute atomic E-state index is 12.3. The number of rotatable bonds is 3. The van der Waals surface area contributed by atoms with Crippen LogP contribution in [0, 0.1) is 22.5 Å². The number of hydrogen-bond donors (Lipinski definition) is 1. The smallest absolute Gasteiger partial charge is 0.270 e. The number of nitrogens with one attached hydrogen (secondary N) is 1. The molecule has 1 aromatic rings. The molecule has 1 aromatic carbocycles. The molecule has 1 aliphatic rings. The fraction of sp³-hybridized carbons (Fsp3) is 0.533. The van der Waals surface area contributed by atoms with Crippen molar-refractivity contribution in [1.82, 2.24) is 5.32 Å². The Bertz CT molecular complexity index is 552. The van der Waals surface area contributed by atoms with Crippen LogP contribution in [0.4, 0.5) is 5.69 Å². The standard InChI is InChI=1S/C15H20N2O3/c1-10-4-5-12(17(19)20)8-13(10)14(18)16-11-6-7-15(2,3)9-11/h4-5,8,11H,6-7,9H2,1-3H3,(H,16,18). The van der Waals surface area contributed by atoms with Crippen LogP contribution in [-0.4, -0.2) is 16.9 Å². The van der Waals surface area contributed by atoms with E-state index in [-0.39, 0.29) is 23.1 Å². The summed E-state index contributed by atoms with van der Waals surface area (Å²) >= 11 is 0. The molecule has 1 atom stereocenters. The number of non-ortho nitro benzene ring substituents is 1. The number of aryl methyl sites for hydroxylation is 1. The van der Waals surface area contributed by atoms with Crippen LogP contribution in [-0.2, 0) is 0 Å². The largest absolute Gasteiger partial charge is 0.349 e. The molecule has 0 saturated heterocycles. The first-order valence-corrected chi connectivity index (χ1v) is 6.84. The molecule has 1 unspecified atom stereocenters. The Hall–Kier alpha value is -1.91. The van der Waals surface area contributed by atoms with Crippen molar-refractivity contribution < 1.29 is 9.72 Å². The molecule has 0 aliphatic heterocycles. The van der Waals surface area contributed by atoms with Crippen molar-refractivity contribution in [3.05, 3.63) is 39.4 Å². The topological polar surface area (TPSA) is 72.2 Å². The third-order valence-electron chi connectivity index (χ3n) is 3.98. The number of nitrogens with zero attached hydrogens (tertiary/aromatic N) is 1. The highest BCUT2D eigenvalue weighted by Crippen LogP contribution is 2.37. The molecule has 20 heavy (non-hydrogen) atoms. The number of carbonyl (C=O) groups excluding carboxylic acids is 1. The van der Waals surface area contributed by atoms with Gasteiger partial charge in [0.1, 0.15) is 0 Å². The summed E-state index contributed by atoms with van der Waals surface area (Å²) in [6.07, 6.45) is 3.01. The third-order valence-corrected chi connectivity index (χ3v) is 3.98. The first-order valence-electron chi connectivity index (χ1n) is 6.84. The van der Waals surface area contributed by atoms with Crippen molar-refractivity contribution in [2.24, 2.45) is 5.41 Å². The number of hydrogen-bond acceptors (Lipinski definition) is 3. The SMILES string of the molecule is Cc1ccc([N+](=O)[O-])cc1C(=O)NC1CCC(C)(C)C1. The molecule has 108 valence electrons. The summed E-state index contributed by atoms with van der Waals surface area (Å²) in [6.45, 7) is 6.17. The quantitative estimate of drug-likeness (QED) is 0.680. The molecular formula is C15H20N2O3. The molecule has 1 aliphatic carbocycles. The molecule has 0 spiro atoms. The van der Waals surface area contributed by atoms with Crippen molar-refractivity contribution in [3.8, 4) is 0 Å². The summed E-state index contributed by atoms with van der Waals surface area (Å²) in [5.74, 6) is -0.214. The molecule has 1 N–H and O–H groups in total. The minimum Gasteiger partial charge on any atom is -0.349 e. The van der Waals surface area contributed by atoms with E-state index in [9.17, 15) is 14.9 Å². The molecule has 2 rings (SSSR count). The summed E-state index contributed by atoms with van der Waals surface area (Å²) in [6, 6.07) is 4.55. The van der Waals surface area contributed by atoms with Crippen molar-refractivity contribution in [1.29, 1.82) is 0 Å². The average molecular weight is 276 g/mol. The summed E-state index contributed by atoms with van der Waals surface area (Å²) < 4.78 is 0. The van der Waals surface area contributed by atoms with E-state index in [2.05, 4.69) is 19.2 Å². The molecule has 0 bridgehead atoms. The van der Waals surface area contributed by atoms with Gasteiger partial charge in [0.15, 0.2) is 0 Å². The average Bonchev–Trinajstić information content (AvgIpc) is 2.68. The number of nitro groups is 1. The van der Waals surface area contributed by atoms with Crippen LogP contribution >= 0.6 is 0 Å². The van der Waals surface area contributed by atoms with Crippen LogP contribution in [0.5, 0.6) is 0 Å². The van der Waals surface area contributed by atoms with Gasteiger partial charge in [-0.3, -0.25) is 14.9 Å². The van der Waals surface area contributed by atoms with E-state index in [1.54, 1.807) is 13.0 Å². The molecule has 1 fully saturated rings. The highest BCUT2D eigenvalue weighted by atomic mass is 16.6. The molecule has 0 aromatic heterocycles. The Morgan fingerprint density at radius 2 is 2.15 bits per heavy atom. The zero-order valence-electron chi connectivity index (χ0n) is 12.1. The highest BCUT2D eigenvalue weighted by molar-refractivity contribution is 5.96. The minimum atomic E-state index is -0.477. The van der Waals surface area contributed by atoms with E-state index >= 15 is 0 Å². The fourth-order valence-electron chi connectivity index (χ4n) is 2.79. The van der Waals surface area contributed by atoms with Gasteiger partial charge in [-0.25, -0.2) is 0 Å².